The minimum atomic E-state index is -0.454. The monoisotopic (exact) mass is 408 g/mol. The normalized spacial score (nSPS) is 19.6. The zero-order valence-electron chi connectivity index (χ0n) is 16.9. The van der Waals surface area contributed by atoms with Crippen LogP contribution >= 0.6 is 0 Å². The number of hydrogen-bond acceptors (Lipinski definition) is 6. The van der Waals surface area contributed by atoms with Crippen LogP contribution in [-0.2, 0) is 6.54 Å². The summed E-state index contributed by atoms with van der Waals surface area (Å²) in [4.78, 5) is 13.8. The summed E-state index contributed by atoms with van der Waals surface area (Å²) >= 11 is 0. The Hall–Kier alpha value is -3.07. The van der Waals surface area contributed by atoms with Gasteiger partial charge in [0.1, 0.15) is 18.0 Å². The number of nitrogens with zero attached hydrogens (tertiary/aromatic N) is 6. The molecule has 0 aliphatic heterocycles. The standard InChI is InChI=1S/C21H25FN8/c1-13-25-18-7-6-17(27-20(18)29(13)11-9-22)16-8-10-30-19(16)12-24-21(28-30)26-15-4-2-14(23)3-5-15/h6-8,10,12,14-15H,2-5,9,11,23H2,1H3,(H,26,28). The summed E-state index contributed by atoms with van der Waals surface area (Å²) in [5.74, 6) is 1.38. The van der Waals surface area contributed by atoms with Gasteiger partial charge in [0.05, 0.1) is 24.0 Å². The zero-order valence-corrected chi connectivity index (χ0v) is 16.9. The lowest BCUT2D eigenvalue weighted by molar-refractivity contribution is 0.409. The predicted molar refractivity (Wildman–Crippen MR) is 114 cm³/mol. The summed E-state index contributed by atoms with van der Waals surface area (Å²) < 4.78 is 16.6. The van der Waals surface area contributed by atoms with Crippen LogP contribution in [0.25, 0.3) is 27.9 Å². The molecule has 1 aliphatic rings. The van der Waals surface area contributed by atoms with Gasteiger partial charge in [-0.15, -0.1) is 5.10 Å². The van der Waals surface area contributed by atoms with Crippen molar-refractivity contribution in [2.45, 2.75) is 51.2 Å². The lowest BCUT2D eigenvalue weighted by Gasteiger charge is -2.26. The smallest absolute Gasteiger partial charge is 0.241 e. The van der Waals surface area contributed by atoms with E-state index in [1.54, 1.807) is 0 Å². The molecule has 9 heteroatoms. The first-order valence-electron chi connectivity index (χ1n) is 10.4. The van der Waals surface area contributed by atoms with E-state index in [-0.39, 0.29) is 6.54 Å². The van der Waals surface area contributed by atoms with Gasteiger partial charge in [-0.3, -0.25) is 0 Å². The summed E-state index contributed by atoms with van der Waals surface area (Å²) in [6.45, 7) is 1.66. The molecule has 156 valence electrons. The molecule has 0 amide bonds. The van der Waals surface area contributed by atoms with Crippen molar-refractivity contribution in [3.05, 3.63) is 36.4 Å². The van der Waals surface area contributed by atoms with E-state index in [4.69, 9.17) is 10.7 Å². The van der Waals surface area contributed by atoms with Crippen molar-refractivity contribution in [1.82, 2.24) is 29.1 Å². The Morgan fingerprint density at radius 1 is 1.17 bits per heavy atom. The molecule has 0 saturated heterocycles. The van der Waals surface area contributed by atoms with Gasteiger partial charge in [0, 0.05) is 23.8 Å². The molecular formula is C21H25FN8. The number of nitrogens with one attached hydrogen (secondary N) is 1. The topological polar surface area (TPSA) is 98.9 Å². The van der Waals surface area contributed by atoms with Crippen molar-refractivity contribution in [3.63, 3.8) is 0 Å². The molecule has 0 atom stereocenters. The third-order valence-corrected chi connectivity index (χ3v) is 5.89. The molecule has 30 heavy (non-hydrogen) atoms. The van der Waals surface area contributed by atoms with Crippen LogP contribution in [0.5, 0.6) is 0 Å². The predicted octanol–water partition coefficient (Wildman–Crippen LogP) is 3.10. The third-order valence-electron chi connectivity index (χ3n) is 5.89. The Balaban J connectivity index is 1.45. The second kappa shape index (κ2) is 7.64. The van der Waals surface area contributed by atoms with Gasteiger partial charge < -0.3 is 15.6 Å². The molecule has 1 saturated carbocycles. The number of fused-ring (bicyclic) bond motifs is 2. The first kappa shape index (κ1) is 18.9. The number of halogens is 1. The van der Waals surface area contributed by atoms with Gasteiger partial charge in [-0.2, -0.15) is 0 Å². The summed E-state index contributed by atoms with van der Waals surface area (Å²) in [5, 5.41) is 8.05. The fraction of sp³-hybridized carbons (Fsp3) is 0.429. The van der Waals surface area contributed by atoms with Gasteiger partial charge in [0.25, 0.3) is 0 Å². The van der Waals surface area contributed by atoms with E-state index < -0.39 is 6.67 Å². The van der Waals surface area contributed by atoms with Crippen LogP contribution in [0.1, 0.15) is 31.5 Å². The average molecular weight is 408 g/mol. The summed E-state index contributed by atoms with van der Waals surface area (Å²) in [6, 6.07) is 6.51. The van der Waals surface area contributed by atoms with Crippen LogP contribution in [-0.4, -0.2) is 47.9 Å². The second-order valence-corrected chi connectivity index (χ2v) is 7.94. The Labute approximate surface area is 173 Å². The SMILES string of the molecule is Cc1nc2ccc(-c3ccn4nc(NC5CCC(N)CC5)ncc34)nc2n1CCF. The molecule has 1 fully saturated rings. The molecular weight excluding hydrogens is 383 g/mol. The number of imidazole rings is 1. The Kier molecular flexibility index (Phi) is 4.82. The molecule has 0 unspecified atom stereocenters. The first-order valence-corrected chi connectivity index (χ1v) is 10.4. The van der Waals surface area contributed by atoms with Gasteiger partial charge in [0.2, 0.25) is 5.95 Å². The third kappa shape index (κ3) is 3.39. The molecule has 4 heterocycles. The molecule has 3 N–H and O–H groups in total. The van der Waals surface area contributed by atoms with Crippen LogP contribution in [0.15, 0.2) is 30.6 Å². The maximum absolute atomic E-state index is 13.0. The molecule has 8 nitrogen and oxygen atoms in total. The van der Waals surface area contributed by atoms with Crippen molar-refractivity contribution >= 4 is 22.6 Å². The number of nitrogens with two attached hydrogens (primary N) is 1. The minimum Gasteiger partial charge on any atom is -0.350 e. The molecule has 0 spiro atoms. The Morgan fingerprint density at radius 2 is 2.00 bits per heavy atom. The largest absolute Gasteiger partial charge is 0.350 e. The maximum atomic E-state index is 13.0. The van der Waals surface area contributed by atoms with Crippen LogP contribution < -0.4 is 11.1 Å². The molecule has 1 aliphatic carbocycles. The van der Waals surface area contributed by atoms with Crippen molar-refractivity contribution < 1.29 is 4.39 Å². The van der Waals surface area contributed by atoms with E-state index in [2.05, 4.69) is 20.4 Å². The summed E-state index contributed by atoms with van der Waals surface area (Å²) in [7, 11) is 0. The number of anilines is 1. The van der Waals surface area contributed by atoms with Crippen LogP contribution in [0.4, 0.5) is 10.3 Å². The molecule has 0 bridgehead atoms. The van der Waals surface area contributed by atoms with Gasteiger partial charge in [-0.1, -0.05) is 0 Å². The van der Waals surface area contributed by atoms with Crippen LogP contribution in [0.2, 0.25) is 0 Å². The number of rotatable bonds is 5. The first-order chi connectivity index (χ1) is 14.6. The molecule has 0 aromatic carbocycles. The Bertz CT molecular complexity index is 1190. The van der Waals surface area contributed by atoms with Crippen LogP contribution in [0.3, 0.4) is 0 Å². The van der Waals surface area contributed by atoms with Crippen molar-refractivity contribution in [2.75, 3.05) is 12.0 Å². The van der Waals surface area contributed by atoms with Crippen molar-refractivity contribution in [2.24, 2.45) is 5.73 Å². The van der Waals surface area contributed by atoms with E-state index in [9.17, 15) is 4.39 Å². The van der Waals surface area contributed by atoms with E-state index >= 15 is 0 Å². The quantitative estimate of drug-likeness (QED) is 0.526. The highest BCUT2D eigenvalue weighted by atomic mass is 19.1. The summed E-state index contributed by atoms with van der Waals surface area (Å²) in [5.41, 5.74) is 10.0. The highest BCUT2D eigenvalue weighted by Gasteiger charge is 2.19. The zero-order chi connectivity index (χ0) is 20.7. The number of hydrogen-bond donors (Lipinski definition) is 2. The minimum absolute atomic E-state index is 0.250. The highest BCUT2D eigenvalue weighted by molar-refractivity contribution is 5.82. The molecule has 5 rings (SSSR count). The lowest BCUT2D eigenvalue weighted by Crippen LogP contribution is -2.33. The van der Waals surface area contributed by atoms with Crippen LogP contribution in [0, 0.1) is 6.92 Å². The van der Waals surface area contributed by atoms with E-state index in [1.165, 1.54) is 0 Å². The summed E-state index contributed by atoms with van der Waals surface area (Å²) in [6.07, 6.45) is 7.85. The van der Waals surface area contributed by atoms with Crippen molar-refractivity contribution in [3.8, 4) is 11.3 Å². The number of alkyl halides is 1. The van der Waals surface area contributed by atoms with Gasteiger partial charge in [0.15, 0.2) is 5.65 Å². The molecule has 4 aromatic rings. The molecule has 4 aromatic heterocycles. The lowest BCUT2D eigenvalue weighted by atomic mass is 9.92. The number of pyridine rings is 1. The van der Waals surface area contributed by atoms with E-state index in [1.807, 2.05) is 46.6 Å². The molecule has 0 radical (unpaired) electrons. The Morgan fingerprint density at radius 3 is 2.80 bits per heavy atom. The van der Waals surface area contributed by atoms with Gasteiger partial charge >= 0.3 is 0 Å². The van der Waals surface area contributed by atoms with Gasteiger partial charge in [-0.05, 0) is 50.8 Å². The maximum Gasteiger partial charge on any atom is 0.241 e. The number of aryl methyl sites for hydroxylation is 2. The van der Waals surface area contributed by atoms with E-state index in [0.29, 0.717) is 23.7 Å². The van der Waals surface area contributed by atoms with Gasteiger partial charge in [-0.25, -0.2) is 23.9 Å². The fourth-order valence-electron chi connectivity index (χ4n) is 4.25. The highest BCUT2D eigenvalue weighted by Crippen LogP contribution is 2.27. The fourth-order valence-corrected chi connectivity index (χ4v) is 4.25. The van der Waals surface area contributed by atoms with Crippen molar-refractivity contribution in [1.29, 1.82) is 0 Å². The number of aromatic nitrogens is 6. The van der Waals surface area contributed by atoms with E-state index in [0.717, 1.165) is 53.8 Å². The average Bonchev–Trinajstić information content (AvgIpc) is 3.30. The second-order valence-electron chi connectivity index (χ2n) is 7.94.